The molecule has 3 aromatic rings. The van der Waals surface area contributed by atoms with Gasteiger partial charge in [-0.15, -0.1) is 0 Å². The van der Waals surface area contributed by atoms with Crippen molar-refractivity contribution in [1.82, 2.24) is 4.98 Å². The second-order valence-corrected chi connectivity index (χ2v) is 5.65. The molecule has 1 N–H and O–H groups in total. The molecule has 136 valence electrons. The Morgan fingerprint density at radius 2 is 1.89 bits per heavy atom. The number of carbonyl (C=O) groups excluding carboxylic acids is 1. The number of rotatable bonds is 8. The Balaban J connectivity index is 1.68. The van der Waals surface area contributed by atoms with Crippen molar-refractivity contribution in [3.63, 3.8) is 0 Å². The number of anilines is 1. The fourth-order valence-electron chi connectivity index (χ4n) is 2.52. The van der Waals surface area contributed by atoms with E-state index in [2.05, 4.69) is 10.3 Å². The van der Waals surface area contributed by atoms with Crippen LogP contribution in [0.2, 0.25) is 0 Å². The molecule has 1 heterocycles. The summed E-state index contributed by atoms with van der Waals surface area (Å²) in [5.41, 5.74) is 0.931. The molecule has 27 heavy (non-hydrogen) atoms. The number of ether oxygens (including phenoxy) is 1. The summed E-state index contributed by atoms with van der Waals surface area (Å²) in [5, 5.41) is 14.4. The number of hydrogen-bond donors (Lipinski definition) is 1. The first-order valence-corrected chi connectivity index (χ1v) is 8.30. The van der Waals surface area contributed by atoms with E-state index in [4.69, 9.17) is 4.74 Å². The van der Waals surface area contributed by atoms with Gasteiger partial charge in [0.15, 0.2) is 5.78 Å². The van der Waals surface area contributed by atoms with Gasteiger partial charge in [-0.1, -0.05) is 30.3 Å². The van der Waals surface area contributed by atoms with Gasteiger partial charge in [-0.25, -0.2) is 0 Å². The lowest BCUT2D eigenvalue weighted by Crippen LogP contribution is -2.13. The third-order valence-electron chi connectivity index (χ3n) is 3.81. The lowest BCUT2D eigenvalue weighted by atomic mass is 10.0. The Morgan fingerprint density at radius 1 is 1.07 bits per heavy atom. The summed E-state index contributed by atoms with van der Waals surface area (Å²) < 4.78 is 5.50. The molecule has 0 fully saturated rings. The molecule has 3 rings (SSSR count). The smallest absolute Gasteiger partial charge is 0.293 e. The van der Waals surface area contributed by atoms with Crippen LogP contribution >= 0.6 is 0 Å². The van der Waals surface area contributed by atoms with Crippen LogP contribution in [0.1, 0.15) is 15.9 Å². The summed E-state index contributed by atoms with van der Waals surface area (Å²) in [6.45, 7) is 0.676. The van der Waals surface area contributed by atoms with E-state index in [1.165, 1.54) is 6.07 Å². The summed E-state index contributed by atoms with van der Waals surface area (Å²) in [4.78, 5) is 27.3. The van der Waals surface area contributed by atoms with Crippen molar-refractivity contribution in [3.05, 3.63) is 94.3 Å². The highest BCUT2D eigenvalue weighted by atomic mass is 16.6. The zero-order chi connectivity index (χ0) is 19.1. The monoisotopic (exact) mass is 363 g/mol. The molecule has 7 heteroatoms. The van der Waals surface area contributed by atoms with Gasteiger partial charge in [0.1, 0.15) is 18.0 Å². The maximum Gasteiger partial charge on any atom is 0.293 e. The first-order valence-electron chi connectivity index (χ1n) is 8.30. The van der Waals surface area contributed by atoms with Crippen LogP contribution in [0.4, 0.5) is 11.4 Å². The molecule has 0 aliphatic heterocycles. The third kappa shape index (κ3) is 4.66. The molecule has 2 aromatic carbocycles. The number of pyridine rings is 1. The van der Waals surface area contributed by atoms with Gasteiger partial charge in [0, 0.05) is 29.9 Å². The molecule has 0 radical (unpaired) electrons. The topological polar surface area (TPSA) is 94.4 Å². The maximum atomic E-state index is 12.5. The van der Waals surface area contributed by atoms with Crippen LogP contribution in [0.25, 0.3) is 0 Å². The molecule has 1 aromatic heterocycles. The molecule has 7 nitrogen and oxygen atoms in total. The average molecular weight is 363 g/mol. The van der Waals surface area contributed by atoms with Crippen LogP contribution in [0.15, 0.2) is 73.1 Å². The van der Waals surface area contributed by atoms with Crippen molar-refractivity contribution in [1.29, 1.82) is 0 Å². The normalized spacial score (nSPS) is 10.2. The minimum atomic E-state index is -0.508. The molecule has 0 aliphatic rings. The zero-order valence-electron chi connectivity index (χ0n) is 14.4. The Morgan fingerprint density at radius 3 is 2.59 bits per heavy atom. The van der Waals surface area contributed by atoms with Crippen LogP contribution < -0.4 is 10.1 Å². The predicted molar refractivity (Wildman–Crippen MR) is 101 cm³/mol. The van der Waals surface area contributed by atoms with Crippen LogP contribution in [-0.4, -0.2) is 28.8 Å². The van der Waals surface area contributed by atoms with E-state index < -0.39 is 4.92 Å². The number of nitrogens with one attached hydrogen (secondary N) is 1. The van der Waals surface area contributed by atoms with E-state index in [9.17, 15) is 14.9 Å². The summed E-state index contributed by atoms with van der Waals surface area (Å²) in [7, 11) is 0. The van der Waals surface area contributed by atoms with Crippen molar-refractivity contribution in [3.8, 4) is 5.75 Å². The first-order chi connectivity index (χ1) is 13.1. The number of nitro benzene ring substituents is 1. The number of nitrogens with zero attached hydrogens (tertiary/aromatic N) is 2. The summed E-state index contributed by atoms with van der Waals surface area (Å²) >= 11 is 0. The molecule has 0 bridgehead atoms. The highest BCUT2D eigenvalue weighted by Crippen LogP contribution is 2.26. The van der Waals surface area contributed by atoms with Crippen LogP contribution in [0, 0.1) is 10.1 Å². The molecule has 0 aliphatic carbocycles. The van der Waals surface area contributed by atoms with Crippen LogP contribution in [-0.2, 0) is 0 Å². The second kappa shape index (κ2) is 8.57. The summed E-state index contributed by atoms with van der Waals surface area (Å²) in [6.07, 6.45) is 3.24. The minimum absolute atomic E-state index is 0.154. The fraction of sp³-hybridized carbons (Fsp3) is 0.100. The Kier molecular flexibility index (Phi) is 5.73. The SMILES string of the molecule is O=C(c1ccccc1)c1ccc(NCCOc2cccnc2)c([N+](=O)[O-])c1. The zero-order valence-corrected chi connectivity index (χ0v) is 14.4. The number of ketones is 1. The lowest BCUT2D eigenvalue weighted by molar-refractivity contribution is -0.384. The molecular weight excluding hydrogens is 346 g/mol. The van der Waals surface area contributed by atoms with Crippen molar-refractivity contribution in [2.24, 2.45) is 0 Å². The van der Waals surface area contributed by atoms with E-state index in [0.717, 1.165) is 0 Å². The van der Waals surface area contributed by atoms with Gasteiger partial charge in [-0.3, -0.25) is 19.9 Å². The predicted octanol–water partition coefficient (Wildman–Crippen LogP) is 3.71. The lowest BCUT2D eigenvalue weighted by Gasteiger charge is -2.10. The highest BCUT2D eigenvalue weighted by molar-refractivity contribution is 6.09. The third-order valence-corrected chi connectivity index (χ3v) is 3.81. The maximum absolute atomic E-state index is 12.5. The number of aromatic nitrogens is 1. The van der Waals surface area contributed by atoms with Crippen molar-refractivity contribution < 1.29 is 14.5 Å². The van der Waals surface area contributed by atoms with Gasteiger partial charge in [0.25, 0.3) is 5.69 Å². The Bertz CT molecular complexity index is 930. The summed E-state index contributed by atoms with van der Waals surface area (Å²) in [5.74, 6) is 0.364. The van der Waals surface area contributed by atoms with Crippen molar-refractivity contribution in [2.75, 3.05) is 18.5 Å². The van der Waals surface area contributed by atoms with Crippen LogP contribution in [0.5, 0.6) is 5.75 Å². The largest absolute Gasteiger partial charge is 0.490 e. The second-order valence-electron chi connectivity index (χ2n) is 5.65. The molecule has 0 amide bonds. The van der Waals surface area contributed by atoms with E-state index in [1.54, 1.807) is 67.0 Å². The quantitative estimate of drug-likeness (QED) is 0.284. The molecule has 0 spiro atoms. The van der Waals surface area contributed by atoms with Gasteiger partial charge >= 0.3 is 0 Å². The van der Waals surface area contributed by atoms with E-state index in [0.29, 0.717) is 30.2 Å². The molecule has 0 saturated carbocycles. The Labute approximate surface area is 155 Å². The summed E-state index contributed by atoms with van der Waals surface area (Å²) in [6, 6.07) is 16.6. The molecular formula is C20H17N3O4. The van der Waals surface area contributed by atoms with Crippen LogP contribution in [0.3, 0.4) is 0 Å². The standard InChI is InChI=1S/C20H17N3O4/c24-20(15-5-2-1-3-6-15)16-8-9-18(19(13-16)23(25)26)22-11-12-27-17-7-4-10-21-14-17/h1-10,13-14,22H,11-12H2. The number of hydrogen-bond acceptors (Lipinski definition) is 6. The van der Waals surface area contributed by atoms with Gasteiger partial charge in [0.2, 0.25) is 0 Å². The molecule has 0 unspecified atom stereocenters. The first kappa shape index (κ1) is 18.1. The fourth-order valence-corrected chi connectivity index (χ4v) is 2.52. The van der Waals surface area contributed by atoms with Gasteiger partial charge in [-0.2, -0.15) is 0 Å². The van der Waals surface area contributed by atoms with E-state index in [-0.39, 0.29) is 17.0 Å². The molecule has 0 saturated heterocycles. The van der Waals surface area contributed by atoms with Crippen molar-refractivity contribution >= 4 is 17.2 Å². The van der Waals surface area contributed by atoms with E-state index in [1.807, 2.05) is 0 Å². The number of carbonyl (C=O) groups is 1. The van der Waals surface area contributed by atoms with Gasteiger partial charge in [-0.05, 0) is 24.3 Å². The Hall–Kier alpha value is -3.74. The van der Waals surface area contributed by atoms with Gasteiger partial charge < -0.3 is 10.1 Å². The van der Waals surface area contributed by atoms with Gasteiger partial charge in [0.05, 0.1) is 11.1 Å². The molecule has 0 atom stereocenters. The number of benzene rings is 2. The average Bonchev–Trinajstić information content (AvgIpc) is 2.72. The highest BCUT2D eigenvalue weighted by Gasteiger charge is 2.18. The minimum Gasteiger partial charge on any atom is -0.490 e. The van der Waals surface area contributed by atoms with E-state index >= 15 is 0 Å². The number of nitro groups is 1. The van der Waals surface area contributed by atoms with Crippen molar-refractivity contribution in [2.45, 2.75) is 0 Å².